The summed E-state index contributed by atoms with van der Waals surface area (Å²) in [5, 5.41) is 0. The summed E-state index contributed by atoms with van der Waals surface area (Å²) in [6, 6.07) is 0. The number of ether oxygens (including phenoxy) is 3. The Morgan fingerprint density at radius 1 is 0.306 bits per heavy atom. The minimum absolute atomic E-state index is 0.0621. The van der Waals surface area contributed by atoms with Gasteiger partial charge in [0.2, 0.25) is 0 Å². The van der Waals surface area contributed by atoms with Crippen LogP contribution in [0.1, 0.15) is 317 Å². The maximum atomic E-state index is 12.8. The molecule has 0 radical (unpaired) electrons. The SMILES string of the molecule is CCCCCCCCCCCCCCC(=O)O[C@H](COC(=O)CCCCCCCCCCCCC)COC(=O)CCCCCCCCCCCCCCCCCCCCC(C)C. The quantitative estimate of drug-likeness (QED) is 0.0344. The Labute approximate surface area is 387 Å². The first-order valence-electron chi connectivity index (χ1n) is 27.9. The van der Waals surface area contributed by atoms with E-state index in [1.165, 1.54) is 212 Å². The number of unbranched alkanes of at least 4 members (excludes halogenated alkanes) is 38. The zero-order chi connectivity index (χ0) is 45.2. The highest BCUT2D eigenvalue weighted by atomic mass is 16.6. The third-order valence-electron chi connectivity index (χ3n) is 12.8. The molecule has 0 saturated heterocycles. The van der Waals surface area contributed by atoms with Crippen molar-refractivity contribution < 1.29 is 28.6 Å². The first kappa shape index (κ1) is 60.4. The fourth-order valence-corrected chi connectivity index (χ4v) is 8.57. The molecule has 6 nitrogen and oxygen atoms in total. The molecule has 0 aromatic carbocycles. The lowest BCUT2D eigenvalue weighted by Crippen LogP contribution is -2.30. The maximum absolute atomic E-state index is 12.8. The van der Waals surface area contributed by atoms with E-state index in [0.717, 1.165) is 63.7 Å². The van der Waals surface area contributed by atoms with E-state index in [0.29, 0.717) is 19.3 Å². The van der Waals surface area contributed by atoms with Crippen LogP contribution in [-0.2, 0) is 28.6 Å². The van der Waals surface area contributed by atoms with Gasteiger partial charge < -0.3 is 14.2 Å². The molecule has 0 aromatic rings. The summed E-state index contributed by atoms with van der Waals surface area (Å²) in [5.41, 5.74) is 0. The zero-order valence-electron chi connectivity index (χ0n) is 42.3. The smallest absolute Gasteiger partial charge is 0.306 e. The third-order valence-corrected chi connectivity index (χ3v) is 12.8. The molecule has 0 aromatic heterocycles. The van der Waals surface area contributed by atoms with Crippen LogP contribution < -0.4 is 0 Å². The lowest BCUT2D eigenvalue weighted by Gasteiger charge is -2.18. The molecule has 62 heavy (non-hydrogen) atoms. The van der Waals surface area contributed by atoms with Crippen LogP contribution in [0, 0.1) is 5.92 Å². The fourth-order valence-electron chi connectivity index (χ4n) is 8.57. The molecule has 1 atom stereocenters. The number of esters is 3. The van der Waals surface area contributed by atoms with Gasteiger partial charge in [-0.05, 0) is 25.2 Å². The van der Waals surface area contributed by atoms with Crippen LogP contribution in [0.5, 0.6) is 0 Å². The van der Waals surface area contributed by atoms with Gasteiger partial charge in [0.25, 0.3) is 0 Å². The van der Waals surface area contributed by atoms with E-state index < -0.39 is 6.10 Å². The van der Waals surface area contributed by atoms with Crippen LogP contribution in [0.3, 0.4) is 0 Å². The first-order valence-corrected chi connectivity index (χ1v) is 27.9. The molecule has 0 N–H and O–H groups in total. The predicted molar refractivity (Wildman–Crippen MR) is 266 cm³/mol. The maximum Gasteiger partial charge on any atom is 0.306 e. The summed E-state index contributed by atoms with van der Waals surface area (Å²) < 4.78 is 16.8. The van der Waals surface area contributed by atoms with Gasteiger partial charge in [-0.1, -0.05) is 278 Å². The molecule has 0 spiro atoms. The molecule has 0 aliphatic carbocycles. The highest BCUT2D eigenvalue weighted by Crippen LogP contribution is 2.18. The Morgan fingerprint density at radius 3 is 0.790 bits per heavy atom. The highest BCUT2D eigenvalue weighted by molar-refractivity contribution is 5.71. The van der Waals surface area contributed by atoms with Gasteiger partial charge in [-0.25, -0.2) is 0 Å². The Kier molecular flexibility index (Phi) is 49.1. The summed E-state index contributed by atoms with van der Waals surface area (Å²) in [7, 11) is 0. The standard InChI is InChI=1S/C56H108O6/c1-5-7-9-11-13-15-17-28-33-37-41-45-49-56(59)62-53(50-60-54(57)47-43-39-35-31-26-16-14-12-10-8-6-2)51-61-55(58)48-44-40-36-32-29-25-23-21-19-18-20-22-24-27-30-34-38-42-46-52(3)4/h52-53H,5-51H2,1-4H3/t53-/m1/s1. The lowest BCUT2D eigenvalue weighted by molar-refractivity contribution is -0.167. The van der Waals surface area contributed by atoms with Crippen molar-refractivity contribution in [3.05, 3.63) is 0 Å². The number of carbonyl (C=O) groups is 3. The van der Waals surface area contributed by atoms with Crippen molar-refractivity contribution in [2.75, 3.05) is 13.2 Å². The van der Waals surface area contributed by atoms with E-state index in [1.807, 2.05) is 0 Å². The van der Waals surface area contributed by atoms with Crippen molar-refractivity contribution in [3.63, 3.8) is 0 Å². The van der Waals surface area contributed by atoms with Gasteiger partial charge in [0.15, 0.2) is 6.10 Å². The van der Waals surface area contributed by atoms with Gasteiger partial charge in [0.1, 0.15) is 13.2 Å². The Morgan fingerprint density at radius 2 is 0.532 bits per heavy atom. The molecule has 0 saturated carbocycles. The van der Waals surface area contributed by atoms with E-state index in [9.17, 15) is 14.4 Å². The minimum Gasteiger partial charge on any atom is -0.462 e. The van der Waals surface area contributed by atoms with E-state index >= 15 is 0 Å². The monoisotopic (exact) mass is 877 g/mol. The third kappa shape index (κ3) is 49.4. The Balaban J connectivity index is 4.19. The van der Waals surface area contributed by atoms with Crippen molar-refractivity contribution >= 4 is 17.9 Å². The van der Waals surface area contributed by atoms with Crippen molar-refractivity contribution in [1.29, 1.82) is 0 Å². The van der Waals surface area contributed by atoms with Gasteiger partial charge in [-0.2, -0.15) is 0 Å². The molecular formula is C56H108O6. The second-order valence-electron chi connectivity index (χ2n) is 19.7. The second kappa shape index (κ2) is 50.4. The highest BCUT2D eigenvalue weighted by Gasteiger charge is 2.19. The van der Waals surface area contributed by atoms with Crippen molar-refractivity contribution in [3.8, 4) is 0 Å². The van der Waals surface area contributed by atoms with Crippen LogP contribution in [0.4, 0.5) is 0 Å². The number of carbonyl (C=O) groups excluding carboxylic acids is 3. The molecule has 368 valence electrons. The Hall–Kier alpha value is -1.59. The average Bonchev–Trinajstić information content (AvgIpc) is 3.26. The topological polar surface area (TPSA) is 78.9 Å². The van der Waals surface area contributed by atoms with E-state index in [4.69, 9.17) is 14.2 Å². The number of hydrogen-bond donors (Lipinski definition) is 0. The molecule has 0 heterocycles. The van der Waals surface area contributed by atoms with Gasteiger partial charge in [0, 0.05) is 19.3 Å². The molecular weight excluding hydrogens is 769 g/mol. The van der Waals surface area contributed by atoms with Crippen LogP contribution in [0.25, 0.3) is 0 Å². The molecule has 0 aliphatic heterocycles. The van der Waals surface area contributed by atoms with Crippen LogP contribution in [-0.4, -0.2) is 37.2 Å². The summed E-state index contributed by atoms with van der Waals surface area (Å²) in [6.07, 6.45) is 53.8. The average molecular weight is 877 g/mol. The molecule has 0 amide bonds. The zero-order valence-corrected chi connectivity index (χ0v) is 42.3. The van der Waals surface area contributed by atoms with E-state index in [2.05, 4.69) is 27.7 Å². The molecule has 0 unspecified atom stereocenters. The van der Waals surface area contributed by atoms with Crippen molar-refractivity contribution in [1.82, 2.24) is 0 Å². The summed E-state index contributed by atoms with van der Waals surface area (Å²) in [5.74, 6) is 0.0191. The predicted octanol–water partition coefficient (Wildman–Crippen LogP) is 18.2. The Bertz CT molecular complexity index is 933. The molecule has 6 heteroatoms. The van der Waals surface area contributed by atoms with Crippen molar-refractivity contribution in [2.24, 2.45) is 5.92 Å². The fraction of sp³-hybridized carbons (Fsp3) is 0.946. The molecule has 0 bridgehead atoms. The second-order valence-corrected chi connectivity index (χ2v) is 19.7. The first-order chi connectivity index (χ1) is 30.4. The van der Waals surface area contributed by atoms with Gasteiger partial charge in [-0.15, -0.1) is 0 Å². The molecule has 0 rings (SSSR count). The van der Waals surface area contributed by atoms with Crippen LogP contribution in [0.15, 0.2) is 0 Å². The minimum atomic E-state index is -0.760. The largest absolute Gasteiger partial charge is 0.462 e. The normalized spacial score (nSPS) is 12.0. The summed E-state index contributed by atoms with van der Waals surface area (Å²) >= 11 is 0. The van der Waals surface area contributed by atoms with Crippen LogP contribution in [0.2, 0.25) is 0 Å². The van der Waals surface area contributed by atoms with Gasteiger partial charge in [0.05, 0.1) is 0 Å². The molecule has 0 aliphatic rings. The molecule has 0 fully saturated rings. The van der Waals surface area contributed by atoms with Gasteiger partial charge in [-0.3, -0.25) is 14.4 Å². The van der Waals surface area contributed by atoms with Crippen molar-refractivity contribution in [2.45, 2.75) is 323 Å². The summed E-state index contributed by atoms with van der Waals surface area (Å²) in [6.45, 7) is 9.05. The van der Waals surface area contributed by atoms with E-state index in [-0.39, 0.29) is 31.1 Å². The number of hydrogen-bond acceptors (Lipinski definition) is 6. The van der Waals surface area contributed by atoms with Gasteiger partial charge >= 0.3 is 17.9 Å². The lowest BCUT2D eigenvalue weighted by atomic mass is 10.0. The van der Waals surface area contributed by atoms with Crippen LogP contribution >= 0.6 is 0 Å². The number of rotatable bonds is 51. The summed E-state index contributed by atoms with van der Waals surface area (Å²) in [4.78, 5) is 38.0. The van der Waals surface area contributed by atoms with E-state index in [1.54, 1.807) is 0 Å².